The number of thioether (sulfide) groups is 1. The fourth-order valence-electron chi connectivity index (χ4n) is 2.29. The monoisotopic (exact) mass is 290 g/mol. The molecule has 1 aliphatic rings. The van der Waals surface area contributed by atoms with Gasteiger partial charge in [0.15, 0.2) is 5.82 Å². The fourth-order valence-corrected chi connectivity index (χ4v) is 3.26. The van der Waals surface area contributed by atoms with Gasteiger partial charge in [-0.05, 0) is 24.1 Å². The molecule has 1 unspecified atom stereocenters. The van der Waals surface area contributed by atoms with Crippen molar-refractivity contribution in [1.82, 2.24) is 14.9 Å². The minimum Gasteiger partial charge on any atom is -0.497 e. The van der Waals surface area contributed by atoms with Crippen LogP contribution in [0.3, 0.4) is 0 Å². The van der Waals surface area contributed by atoms with Crippen molar-refractivity contribution in [2.45, 2.75) is 31.0 Å². The first kappa shape index (κ1) is 13.3. The molecule has 1 atom stereocenters. The van der Waals surface area contributed by atoms with E-state index >= 15 is 0 Å². The Morgan fingerprint density at radius 1 is 1.45 bits per heavy atom. The van der Waals surface area contributed by atoms with Crippen LogP contribution in [0.1, 0.15) is 30.8 Å². The molecule has 20 heavy (non-hydrogen) atoms. The maximum atomic E-state index is 5.30. The number of rotatable bonds is 4. The SMILES string of the molecule is CCCc1nnc2n1NC(c1cccc(OC)c1)CS2. The highest BCUT2D eigenvalue weighted by Gasteiger charge is 2.23. The molecule has 0 aliphatic carbocycles. The van der Waals surface area contributed by atoms with Crippen LogP contribution in [0.15, 0.2) is 29.4 Å². The third-order valence-corrected chi connectivity index (χ3v) is 4.36. The molecule has 0 saturated heterocycles. The highest BCUT2D eigenvalue weighted by Crippen LogP contribution is 2.31. The van der Waals surface area contributed by atoms with Crippen molar-refractivity contribution >= 4 is 11.8 Å². The maximum absolute atomic E-state index is 5.30. The molecule has 0 bridgehead atoms. The Morgan fingerprint density at radius 2 is 2.35 bits per heavy atom. The normalized spacial score (nSPS) is 17.4. The van der Waals surface area contributed by atoms with Crippen molar-refractivity contribution in [2.24, 2.45) is 0 Å². The third kappa shape index (κ3) is 2.47. The van der Waals surface area contributed by atoms with Crippen LogP contribution in [-0.2, 0) is 6.42 Å². The second-order valence-electron chi connectivity index (χ2n) is 4.75. The lowest BCUT2D eigenvalue weighted by Gasteiger charge is -2.26. The topological polar surface area (TPSA) is 52.0 Å². The molecule has 0 saturated carbocycles. The lowest BCUT2D eigenvalue weighted by atomic mass is 10.1. The lowest BCUT2D eigenvalue weighted by molar-refractivity contribution is 0.414. The number of fused-ring (bicyclic) bond motifs is 1. The summed E-state index contributed by atoms with van der Waals surface area (Å²) in [6.45, 7) is 2.15. The molecular weight excluding hydrogens is 272 g/mol. The number of aryl methyl sites for hydroxylation is 1. The van der Waals surface area contributed by atoms with Gasteiger partial charge in [0.05, 0.1) is 13.2 Å². The number of aromatic nitrogens is 3. The van der Waals surface area contributed by atoms with Gasteiger partial charge in [-0.3, -0.25) is 0 Å². The predicted molar refractivity (Wildman–Crippen MR) is 79.8 cm³/mol. The van der Waals surface area contributed by atoms with Gasteiger partial charge < -0.3 is 10.2 Å². The van der Waals surface area contributed by atoms with E-state index in [0.29, 0.717) is 0 Å². The summed E-state index contributed by atoms with van der Waals surface area (Å²) >= 11 is 1.74. The van der Waals surface area contributed by atoms with E-state index < -0.39 is 0 Å². The van der Waals surface area contributed by atoms with Crippen molar-refractivity contribution in [3.8, 4) is 5.75 Å². The molecule has 0 amide bonds. The van der Waals surface area contributed by atoms with Gasteiger partial charge in [0.25, 0.3) is 0 Å². The zero-order valence-electron chi connectivity index (χ0n) is 11.7. The zero-order chi connectivity index (χ0) is 13.9. The van der Waals surface area contributed by atoms with Crippen LogP contribution in [0.25, 0.3) is 0 Å². The quantitative estimate of drug-likeness (QED) is 0.938. The van der Waals surface area contributed by atoms with Crippen LogP contribution in [-0.4, -0.2) is 27.7 Å². The molecule has 1 aliphatic heterocycles. The van der Waals surface area contributed by atoms with E-state index in [1.165, 1.54) is 5.56 Å². The maximum Gasteiger partial charge on any atom is 0.210 e. The number of ether oxygens (including phenoxy) is 1. The summed E-state index contributed by atoms with van der Waals surface area (Å²) in [4.78, 5) is 0. The molecule has 3 rings (SSSR count). The summed E-state index contributed by atoms with van der Waals surface area (Å²) in [5.41, 5.74) is 4.73. The second kappa shape index (κ2) is 5.75. The van der Waals surface area contributed by atoms with Gasteiger partial charge in [0.2, 0.25) is 5.16 Å². The van der Waals surface area contributed by atoms with Crippen LogP contribution < -0.4 is 10.2 Å². The average molecular weight is 290 g/mol. The van der Waals surface area contributed by atoms with Gasteiger partial charge in [0, 0.05) is 12.2 Å². The Kier molecular flexibility index (Phi) is 3.82. The smallest absolute Gasteiger partial charge is 0.210 e. The molecule has 1 aromatic heterocycles. The molecule has 6 heteroatoms. The molecule has 106 valence electrons. The third-order valence-electron chi connectivity index (χ3n) is 3.33. The molecule has 0 spiro atoms. The van der Waals surface area contributed by atoms with Crippen molar-refractivity contribution in [1.29, 1.82) is 0 Å². The first-order valence-corrected chi connectivity index (χ1v) is 7.78. The second-order valence-corrected chi connectivity index (χ2v) is 5.74. The van der Waals surface area contributed by atoms with E-state index in [-0.39, 0.29) is 6.04 Å². The molecule has 1 aromatic carbocycles. The van der Waals surface area contributed by atoms with Crippen molar-refractivity contribution in [3.05, 3.63) is 35.7 Å². The van der Waals surface area contributed by atoms with Gasteiger partial charge in [0.1, 0.15) is 5.75 Å². The highest BCUT2D eigenvalue weighted by atomic mass is 32.2. The Hall–Kier alpha value is -1.69. The number of hydrogen-bond donors (Lipinski definition) is 1. The summed E-state index contributed by atoms with van der Waals surface area (Å²) in [5.74, 6) is 2.83. The summed E-state index contributed by atoms with van der Waals surface area (Å²) in [6, 6.07) is 8.43. The van der Waals surface area contributed by atoms with E-state index in [9.17, 15) is 0 Å². The largest absolute Gasteiger partial charge is 0.497 e. The van der Waals surface area contributed by atoms with Crippen molar-refractivity contribution < 1.29 is 4.74 Å². The van der Waals surface area contributed by atoms with Gasteiger partial charge in [-0.25, -0.2) is 4.68 Å². The van der Waals surface area contributed by atoms with Gasteiger partial charge >= 0.3 is 0 Å². The summed E-state index contributed by atoms with van der Waals surface area (Å²) in [6.07, 6.45) is 2.00. The van der Waals surface area contributed by atoms with E-state index in [0.717, 1.165) is 35.3 Å². The Morgan fingerprint density at radius 3 is 3.15 bits per heavy atom. The molecule has 0 fully saturated rings. The predicted octanol–water partition coefficient (Wildman–Crippen LogP) is 2.63. The van der Waals surface area contributed by atoms with Crippen LogP contribution >= 0.6 is 11.8 Å². The van der Waals surface area contributed by atoms with E-state index in [4.69, 9.17) is 4.74 Å². The standard InChI is InChI=1S/C14H18N4OS/c1-3-5-13-15-16-14-18(13)17-12(9-20-14)10-6-4-7-11(8-10)19-2/h4,6-8,12,17H,3,5,9H2,1-2H3. The van der Waals surface area contributed by atoms with Gasteiger partial charge in [-0.15, -0.1) is 10.2 Å². The number of nitrogens with one attached hydrogen (secondary N) is 1. The molecule has 2 heterocycles. The first-order chi connectivity index (χ1) is 9.81. The van der Waals surface area contributed by atoms with E-state index in [1.54, 1.807) is 18.9 Å². The summed E-state index contributed by atoms with van der Waals surface area (Å²) in [5, 5.41) is 9.43. The van der Waals surface area contributed by atoms with Gasteiger partial charge in [-0.1, -0.05) is 30.8 Å². The number of hydrogen-bond acceptors (Lipinski definition) is 5. The molecule has 0 radical (unpaired) electrons. The van der Waals surface area contributed by atoms with E-state index in [1.807, 2.05) is 16.8 Å². The number of methoxy groups -OCH3 is 1. The Balaban J connectivity index is 1.85. The summed E-state index contributed by atoms with van der Waals surface area (Å²) < 4.78 is 7.33. The average Bonchev–Trinajstić information content (AvgIpc) is 2.90. The fraction of sp³-hybridized carbons (Fsp3) is 0.429. The minimum atomic E-state index is 0.245. The van der Waals surface area contributed by atoms with Crippen molar-refractivity contribution in [3.63, 3.8) is 0 Å². The zero-order valence-corrected chi connectivity index (χ0v) is 12.5. The first-order valence-electron chi connectivity index (χ1n) is 6.79. The van der Waals surface area contributed by atoms with Crippen molar-refractivity contribution in [2.75, 3.05) is 18.3 Å². The molecule has 5 nitrogen and oxygen atoms in total. The minimum absolute atomic E-state index is 0.245. The lowest BCUT2D eigenvalue weighted by Crippen LogP contribution is -2.29. The van der Waals surface area contributed by atoms with Crippen LogP contribution in [0.5, 0.6) is 5.75 Å². The molecule has 2 aromatic rings. The van der Waals surface area contributed by atoms with Crippen LogP contribution in [0.2, 0.25) is 0 Å². The molecular formula is C14H18N4OS. The van der Waals surface area contributed by atoms with Crippen LogP contribution in [0, 0.1) is 0 Å². The van der Waals surface area contributed by atoms with Gasteiger partial charge in [-0.2, -0.15) is 0 Å². The Bertz CT molecular complexity index is 599. The van der Waals surface area contributed by atoms with E-state index in [2.05, 4.69) is 34.7 Å². The Labute approximate surface area is 122 Å². The molecule has 1 N–H and O–H groups in total. The summed E-state index contributed by atoms with van der Waals surface area (Å²) in [7, 11) is 1.69. The highest BCUT2D eigenvalue weighted by molar-refractivity contribution is 7.99. The number of benzene rings is 1. The number of nitrogens with zero attached hydrogens (tertiary/aromatic N) is 3. The van der Waals surface area contributed by atoms with Crippen LogP contribution in [0.4, 0.5) is 0 Å².